The van der Waals surface area contributed by atoms with E-state index in [0.29, 0.717) is 6.04 Å². The standard InChI is InChI=1S/C15H30N2O/c1-3-4-5-6-9-12(2)17-15(18)13-10-7-8-11-14(13)16/h12-14H,3-11,16H2,1-2H3,(H,17,18). The summed E-state index contributed by atoms with van der Waals surface area (Å²) in [6.07, 6.45) is 10.4. The molecular weight excluding hydrogens is 224 g/mol. The van der Waals surface area contributed by atoms with E-state index < -0.39 is 0 Å². The number of amides is 1. The summed E-state index contributed by atoms with van der Waals surface area (Å²) in [5, 5.41) is 3.14. The van der Waals surface area contributed by atoms with Crippen molar-refractivity contribution in [3.8, 4) is 0 Å². The van der Waals surface area contributed by atoms with Crippen LogP contribution < -0.4 is 11.1 Å². The Balaban J connectivity index is 2.21. The van der Waals surface area contributed by atoms with Crippen molar-refractivity contribution in [1.29, 1.82) is 0 Å². The van der Waals surface area contributed by atoms with Crippen LogP contribution in [0.4, 0.5) is 0 Å². The lowest BCUT2D eigenvalue weighted by Gasteiger charge is -2.28. The Bertz CT molecular complexity index is 243. The van der Waals surface area contributed by atoms with Crippen LogP contribution in [0.15, 0.2) is 0 Å². The third-order valence-corrected chi connectivity index (χ3v) is 4.04. The van der Waals surface area contributed by atoms with E-state index in [9.17, 15) is 4.79 Å². The van der Waals surface area contributed by atoms with Crippen LogP contribution in [0.1, 0.15) is 71.6 Å². The highest BCUT2D eigenvalue weighted by Crippen LogP contribution is 2.23. The molecule has 0 spiro atoms. The van der Waals surface area contributed by atoms with E-state index in [2.05, 4.69) is 19.2 Å². The predicted molar refractivity (Wildman–Crippen MR) is 76.3 cm³/mol. The summed E-state index contributed by atoms with van der Waals surface area (Å²) < 4.78 is 0. The van der Waals surface area contributed by atoms with E-state index in [1.54, 1.807) is 0 Å². The maximum atomic E-state index is 12.1. The van der Waals surface area contributed by atoms with E-state index in [4.69, 9.17) is 5.73 Å². The largest absolute Gasteiger partial charge is 0.353 e. The number of carbonyl (C=O) groups is 1. The van der Waals surface area contributed by atoms with Gasteiger partial charge < -0.3 is 11.1 Å². The molecule has 0 radical (unpaired) electrons. The average Bonchev–Trinajstić information content (AvgIpc) is 2.35. The molecule has 18 heavy (non-hydrogen) atoms. The molecule has 1 saturated carbocycles. The van der Waals surface area contributed by atoms with Gasteiger partial charge >= 0.3 is 0 Å². The molecule has 1 fully saturated rings. The monoisotopic (exact) mass is 254 g/mol. The SMILES string of the molecule is CCCCCCC(C)NC(=O)C1CCCCC1N. The summed E-state index contributed by atoms with van der Waals surface area (Å²) >= 11 is 0. The van der Waals surface area contributed by atoms with Gasteiger partial charge in [-0.05, 0) is 26.2 Å². The summed E-state index contributed by atoms with van der Waals surface area (Å²) in [7, 11) is 0. The molecule has 3 unspecified atom stereocenters. The Hall–Kier alpha value is -0.570. The molecule has 0 aliphatic heterocycles. The van der Waals surface area contributed by atoms with Gasteiger partial charge in [-0.15, -0.1) is 0 Å². The molecule has 0 aromatic carbocycles. The van der Waals surface area contributed by atoms with E-state index >= 15 is 0 Å². The molecule has 106 valence electrons. The zero-order chi connectivity index (χ0) is 13.4. The van der Waals surface area contributed by atoms with Crippen LogP contribution >= 0.6 is 0 Å². The fourth-order valence-corrected chi connectivity index (χ4v) is 2.78. The minimum absolute atomic E-state index is 0.0526. The lowest BCUT2D eigenvalue weighted by Crippen LogP contribution is -2.46. The van der Waals surface area contributed by atoms with Gasteiger partial charge in [-0.2, -0.15) is 0 Å². The Morgan fingerprint density at radius 1 is 1.28 bits per heavy atom. The quantitative estimate of drug-likeness (QED) is 0.686. The van der Waals surface area contributed by atoms with Crippen molar-refractivity contribution in [1.82, 2.24) is 5.32 Å². The van der Waals surface area contributed by atoms with Crippen LogP contribution in [0.5, 0.6) is 0 Å². The second-order valence-corrected chi connectivity index (χ2v) is 5.81. The van der Waals surface area contributed by atoms with E-state index in [-0.39, 0.29) is 17.9 Å². The Labute approximate surface area is 112 Å². The summed E-state index contributed by atoms with van der Waals surface area (Å²) in [5.41, 5.74) is 6.03. The normalized spacial score (nSPS) is 25.7. The van der Waals surface area contributed by atoms with Crippen LogP contribution in [-0.2, 0) is 4.79 Å². The third kappa shape index (κ3) is 5.38. The van der Waals surface area contributed by atoms with Gasteiger partial charge in [0.25, 0.3) is 0 Å². The number of rotatable bonds is 7. The Morgan fingerprint density at radius 3 is 2.67 bits per heavy atom. The van der Waals surface area contributed by atoms with Gasteiger partial charge in [0, 0.05) is 12.1 Å². The fraction of sp³-hybridized carbons (Fsp3) is 0.933. The highest BCUT2D eigenvalue weighted by Gasteiger charge is 2.28. The molecule has 0 aromatic heterocycles. The lowest BCUT2D eigenvalue weighted by atomic mass is 9.84. The van der Waals surface area contributed by atoms with Gasteiger partial charge in [0.05, 0.1) is 5.92 Å². The zero-order valence-corrected chi connectivity index (χ0v) is 12.1. The number of unbranched alkanes of at least 4 members (excludes halogenated alkanes) is 3. The number of carbonyl (C=O) groups excluding carboxylic acids is 1. The number of hydrogen-bond donors (Lipinski definition) is 2. The molecule has 1 aliphatic rings. The third-order valence-electron chi connectivity index (χ3n) is 4.04. The first-order valence-electron chi connectivity index (χ1n) is 7.71. The first-order valence-corrected chi connectivity index (χ1v) is 7.71. The summed E-state index contributed by atoms with van der Waals surface area (Å²) in [5.74, 6) is 0.238. The van der Waals surface area contributed by atoms with Gasteiger partial charge in [-0.3, -0.25) is 4.79 Å². The molecule has 0 saturated heterocycles. The predicted octanol–water partition coefficient (Wildman–Crippen LogP) is 2.98. The Morgan fingerprint density at radius 2 is 2.00 bits per heavy atom. The zero-order valence-electron chi connectivity index (χ0n) is 12.1. The smallest absolute Gasteiger partial charge is 0.224 e. The van der Waals surface area contributed by atoms with Crippen molar-refractivity contribution in [3.05, 3.63) is 0 Å². The lowest BCUT2D eigenvalue weighted by molar-refractivity contribution is -0.127. The second kappa shape index (κ2) is 8.52. The van der Waals surface area contributed by atoms with Gasteiger partial charge in [0.1, 0.15) is 0 Å². The van der Waals surface area contributed by atoms with Crippen molar-refractivity contribution in [3.63, 3.8) is 0 Å². The molecule has 1 rings (SSSR count). The van der Waals surface area contributed by atoms with E-state index in [0.717, 1.165) is 25.7 Å². The van der Waals surface area contributed by atoms with Gasteiger partial charge in [0.2, 0.25) is 5.91 Å². The Kier molecular flexibility index (Phi) is 7.33. The molecule has 3 N–H and O–H groups in total. The van der Waals surface area contributed by atoms with Crippen LogP contribution in [0.3, 0.4) is 0 Å². The van der Waals surface area contributed by atoms with Crippen LogP contribution in [0.2, 0.25) is 0 Å². The average molecular weight is 254 g/mol. The number of nitrogens with one attached hydrogen (secondary N) is 1. The van der Waals surface area contributed by atoms with E-state index in [1.807, 2.05) is 0 Å². The summed E-state index contributed by atoms with van der Waals surface area (Å²) in [6, 6.07) is 0.370. The summed E-state index contributed by atoms with van der Waals surface area (Å²) in [6.45, 7) is 4.33. The van der Waals surface area contributed by atoms with Crippen molar-refractivity contribution in [2.45, 2.75) is 83.7 Å². The maximum absolute atomic E-state index is 12.1. The van der Waals surface area contributed by atoms with Gasteiger partial charge in [0.15, 0.2) is 0 Å². The van der Waals surface area contributed by atoms with Gasteiger partial charge in [-0.25, -0.2) is 0 Å². The first kappa shape index (κ1) is 15.5. The molecule has 0 heterocycles. The molecule has 3 heteroatoms. The molecule has 1 amide bonds. The minimum Gasteiger partial charge on any atom is -0.353 e. The first-order chi connectivity index (χ1) is 8.65. The molecule has 3 atom stereocenters. The maximum Gasteiger partial charge on any atom is 0.224 e. The second-order valence-electron chi connectivity index (χ2n) is 5.81. The van der Waals surface area contributed by atoms with Crippen molar-refractivity contribution >= 4 is 5.91 Å². The molecule has 0 aromatic rings. The highest BCUT2D eigenvalue weighted by atomic mass is 16.2. The van der Waals surface area contributed by atoms with Crippen LogP contribution in [0, 0.1) is 5.92 Å². The number of nitrogens with two attached hydrogens (primary N) is 1. The molecule has 1 aliphatic carbocycles. The highest BCUT2D eigenvalue weighted by molar-refractivity contribution is 5.79. The van der Waals surface area contributed by atoms with Crippen LogP contribution in [0.25, 0.3) is 0 Å². The van der Waals surface area contributed by atoms with Crippen molar-refractivity contribution in [2.24, 2.45) is 11.7 Å². The van der Waals surface area contributed by atoms with Crippen LogP contribution in [-0.4, -0.2) is 18.0 Å². The molecular formula is C15H30N2O. The van der Waals surface area contributed by atoms with Gasteiger partial charge in [-0.1, -0.05) is 45.4 Å². The summed E-state index contributed by atoms with van der Waals surface area (Å²) in [4.78, 5) is 12.1. The number of hydrogen-bond acceptors (Lipinski definition) is 2. The minimum atomic E-state index is 0.0526. The van der Waals surface area contributed by atoms with Crippen molar-refractivity contribution < 1.29 is 4.79 Å². The fourth-order valence-electron chi connectivity index (χ4n) is 2.78. The van der Waals surface area contributed by atoms with Crippen molar-refractivity contribution in [2.75, 3.05) is 0 Å². The van der Waals surface area contributed by atoms with E-state index in [1.165, 1.54) is 32.1 Å². The molecule has 3 nitrogen and oxygen atoms in total. The molecule has 0 bridgehead atoms. The topological polar surface area (TPSA) is 55.1 Å².